The zero-order valence-corrected chi connectivity index (χ0v) is 15.3. The lowest BCUT2D eigenvalue weighted by atomic mass is 10.2. The van der Waals surface area contributed by atoms with Gasteiger partial charge in [-0.2, -0.15) is 4.80 Å². The van der Waals surface area contributed by atoms with Gasteiger partial charge in [-0.1, -0.05) is 31.9 Å². The summed E-state index contributed by atoms with van der Waals surface area (Å²) in [7, 11) is 0. The van der Waals surface area contributed by atoms with Gasteiger partial charge in [0.1, 0.15) is 5.75 Å². The van der Waals surface area contributed by atoms with E-state index in [2.05, 4.69) is 39.9 Å². The number of benzene rings is 1. The Balaban J connectivity index is 1.91. The first-order valence-electron chi connectivity index (χ1n) is 8.11. The molecule has 1 aromatic carbocycles. The van der Waals surface area contributed by atoms with Gasteiger partial charge in [-0.3, -0.25) is 15.4 Å². The second kappa shape index (κ2) is 9.07. The summed E-state index contributed by atoms with van der Waals surface area (Å²) in [5.74, 6) is 0.952. The van der Waals surface area contributed by atoms with Crippen molar-refractivity contribution in [2.24, 2.45) is 5.92 Å². The minimum Gasteiger partial charge on any atom is -0.493 e. The summed E-state index contributed by atoms with van der Waals surface area (Å²) >= 11 is 5.11. The van der Waals surface area contributed by atoms with Crippen LogP contribution in [0.2, 0.25) is 0 Å². The third-order valence-electron chi connectivity index (χ3n) is 3.01. The fraction of sp³-hybridized carbons (Fsp3) is 0.438. The lowest BCUT2D eigenvalue weighted by Crippen LogP contribution is -2.34. The number of nitrogens with one attached hydrogen (secondary N) is 2. The lowest BCUT2D eigenvalue weighted by Gasteiger charge is -2.10. The van der Waals surface area contributed by atoms with E-state index in [0.717, 1.165) is 6.42 Å². The predicted molar refractivity (Wildman–Crippen MR) is 98.6 cm³/mol. The van der Waals surface area contributed by atoms with Gasteiger partial charge in [-0.25, -0.2) is 0 Å². The molecule has 2 aromatic rings. The van der Waals surface area contributed by atoms with Crippen LogP contribution in [0.1, 0.15) is 37.6 Å². The summed E-state index contributed by atoms with van der Waals surface area (Å²) in [6.45, 7) is 7.39. The molecule has 2 N–H and O–H groups in total. The van der Waals surface area contributed by atoms with Crippen LogP contribution in [0.25, 0.3) is 0 Å². The maximum Gasteiger partial charge on any atom is 0.269 e. The van der Waals surface area contributed by atoms with Crippen LogP contribution in [0.15, 0.2) is 24.3 Å². The van der Waals surface area contributed by atoms with Crippen LogP contribution in [0.3, 0.4) is 0 Å². The second-order valence-electron chi connectivity index (χ2n) is 5.85. The molecule has 0 fully saturated rings. The molecule has 0 aliphatic rings. The van der Waals surface area contributed by atoms with Crippen molar-refractivity contribution in [2.45, 2.75) is 33.7 Å². The number of tetrazole rings is 1. The number of hydrogen-bond acceptors (Lipinski definition) is 6. The molecule has 0 saturated carbocycles. The third-order valence-corrected chi connectivity index (χ3v) is 3.21. The molecule has 0 saturated heterocycles. The van der Waals surface area contributed by atoms with Crippen molar-refractivity contribution < 1.29 is 9.53 Å². The first-order chi connectivity index (χ1) is 12.0. The molecule has 0 bridgehead atoms. The fourth-order valence-corrected chi connectivity index (χ4v) is 2.07. The maximum atomic E-state index is 12.3. The molecule has 1 heterocycles. The number of aromatic nitrogens is 4. The molecule has 0 atom stereocenters. The lowest BCUT2D eigenvalue weighted by molar-refractivity contribution is 0.0977. The number of ether oxygens (including phenoxy) is 1. The van der Waals surface area contributed by atoms with E-state index in [1.807, 2.05) is 13.0 Å². The Morgan fingerprint density at radius 1 is 1.40 bits per heavy atom. The first kappa shape index (κ1) is 18.8. The van der Waals surface area contributed by atoms with E-state index >= 15 is 0 Å². The molecular weight excluding hydrogens is 340 g/mol. The SMILES string of the molecule is CCCn1nnc(NC(=S)NC(=O)c2cccc(OCC(C)C)c2)n1. The molecule has 1 amide bonds. The number of anilines is 1. The maximum absolute atomic E-state index is 12.3. The largest absolute Gasteiger partial charge is 0.493 e. The van der Waals surface area contributed by atoms with Gasteiger partial charge in [0.2, 0.25) is 0 Å². The van der Waals surface area contributed by atoms with Gasteiger partial charge in [0.25, 0.3) is 11.9 Å². The number of rotatable bonds is 7. The van der Waals surface area contributed by atoms with E-state index in [4.69, 9.17) is 17.0 Å². The highest BCUT2D eigenvalue weighted by molar-refractivity contribution is 7.80. The Morgan fingerprint density at radius 3 is 2.92 bits per heavy atom. The van der Waals surface area contributed by atoms with Gasteiger partial charge in [0.15, 0.2) is 5.11 Å². The van der Waals surface area contributed by atoms with Crippen molar-refractivity contribution in [3.05, 3.63) is 29.8 Å². The fourth-order valence-electron chi connectivity index (χ4n) is 1.89. The van der Waals surface area contributed by atoms with E-state index in [1.165, 1.54) is 4.80 Å². The van der Waals surface area contributed by atoms with Crippen LogP contribution in [0, 0.1) is 5.92 Å². The predicted octanol–water partition coefficient (Wildman–Crippen LogP) is 2.24. The van der Waals surface area contributed by atoms with Crippen molar-refractivity contribution in [1.29, 1.82) is 0 Å². The number of amides is 1. The van der Waals surface area contributed by atoms with Crippen molar-refractivity contribution in [1.82, 2.24) is 25.5 Å². The second-order valence-corrected chi connectivity index (χ2v) is 6.26. The van der Waals surface area contributed by atoms with Crippen molar-refractivity contribution in [3.8, 4) is 5.75 Å². The number of carbonyl (C=O) groups is 1. The highest BCUT2D eigenvalue weighted by atomic mass is 32.1. The molecule has 1 aromatic heterocycles. The Bertz CT molecular complexity index is 731. The quantitative estimate of drug-likeness (QED) is 0.730. The minimum atomic E-state index is -0.339. The Hall–Kier alpha value is -2.55. The number of thiocarbonyl (C=S) groups is 1. The number of carbonyl (C=O) groups excluding carboxylic acids is 1. The Labute approximate surface area is 151 Å². The Kier molecular flexibility index (Phi) is 6.81. The van der Waals surface area contributed by atoms with E-state index in [9.17, 15) is 4.79 Å². The number of hydrogen-bond donors (Lipinski definition) is 2. The summed E-state index contributed by atoms with van der Waals surface area (Å²) < 4.78 is 5.63. The van der Waals surface area contributed by atoms with E-state index < -0.39 is 0 Å². The van der Waals surface area contributed by atoms with Crippen molar-refractivity contribution in [3.63, 3.8) is 0 Å². The summed E-state index contributed by atoms with van der Waals surface area (Å²) in [6, 6.07) is 6.94. The Morgan fingerprint density at radius 2 is 2.20 bits per heavy atom. The zero-order chi connectivity index (χ0) is 18.2. The molecule has 0 aliphatic heterocycles. The van der Waals surface area contributed by atoms with Crippen LogP contribution in [0.5, 0.6) is 5.75 Å². The van der Waals surface area contributed by atoms with Crippen LogP contribution in [-0.2, 0) is 6.54 Å². The molecule has 8 nitrogen and oxygen atoms in total. The highest BCUT2D eigenvalue weighted by Gasteiger charge is 2.11. The van der Waals surface area contributed by atoms with Crippen LogP contribution < -0.4 is 15.4 Å². The van der Waals surface area contributed by atoms with Gasteiger partial charge in [0.05, 0.1) is 13.2 Å². The molecule has 0 radical (unpaired) electrons. The van der Waals surface area contributed by atoms with Crippen LogP contribution in [-0.4, -0.2) is 37.8 Å². The summed E-state index contributed by atoms with van der Waals surface area (Å²) in [6.07, 6.45) is 0.895. The molecule has 9 heteroatoms. The smallest absolute Gasteiger partial charge is 0.269 e. The molecule has 0 unspecified atom stereocenters. The van der Waals surface area contributed by atoms with Gasteiger partial charge in [-0.15, -0.1) is 5.10 Å². The summed E-state index contributed by atoms with van der Waals surface area (Å²) in [4.78, 5) is 13.7. The van der Waals surface area contributed by atoms with Crippen LogP contribution >= 0.6 is 12.2 Å². The zero-order valence-electron chi connectivity index (χ0n) is 14.5. The normalized spacial score (nSPS) is 10.6. The number of aryl methyl sites for hydroxylation is 1. The van der Waals surface area contributed by atoms with Crippen LogP contribution in [0.4, 0.5) is 5.95 Å². The van der Waals surface area contributed by atoms with E-state index in [-0.39, 0.29) is 17.0 Å². The molecule has 0 aliphatic carbocycles. The molecule has 25 heavy (non-hydrogen) atoms. The monoisotopic (exact) mass is 362 g/mol. The van der Waals surface area contributed by atoms with Crippen molar-refractivity contribution >= 4 is 29.2 Å². The highest BCUT2D eigenvalue weighted by Crippen LogP contribution is 2.14. The van der Waals surface area contributed by atoms with Gasteiger partial charge < -0.3 is 4.74 Å². The summed E-state index contributed by atoms with van der Waals surface area (Å²) in [5, 5.41) is 17.2. The van der Waals surface area contributed by atoms with Crippen molar-refractivity contribution in [2.75, 3.05) is 11.9 Å². The molecule has 134 valence electrons. The minimum absolute atomic E-state index is 0.106. The average Bonchev–Trinajstić information content (AvgIpc) is 3.00. The van der Waals surface area contributed by atoms with E-state index in [0.29, 0.717) is 30.4 Å². The average molecular weight is 362 g/mol. The van der Waals surface area contributed by atoms with Gasteiger partial charge in [0, 0.05) is 5.56 Å². The molecular formula is C16H22N6O2S. The summed E-state index contributed by atoms with van der Waals surface area (Å²) in [5.41, 5.74) is 0.452. The topological polar surface area (TPSA) is 94.0 Å². The molecule has 2 rings (SSSR count). The first-order valence-corrected chi connectivity index (χ1v) is 8.51. The standard InChI is InChI=1S/C16H22N6O2S/c1-4-8-22-20-15(19-21-22)18-16(25)17-14(23)12-6-5-7-13(9-12)24-10-11(2)3/h5-7,9,11H,4,8,10H2,1-3H3,(H2,17,18,20,23,25). The van der Waals surface area contributed by atoms with E-state index in [1.54, 1.807) is 18.2 Å². The third kappa shape index (κ3) is 6.11. The number of nitrogens with zero attached hydrogens (tertiary/aromatic N) is 4. The molecule has 0 spiro atoms. The van der Waals surface area contributed by atoms with Gasteiger partial charge >= 0.3 is 0 Å². The van der Waals surface area contributed by atoms with Gasteiger partial charge in [-0.05, 0) is 48.0 Å².